The summed E-state index contributed by atoms with van der Waals surface area (Å²) in [5.74, 6) is 0. The van der Waals surface area contributed by atoms with Crippen LogP contribution >= 0.6 is 25.5 Å². The molecule has 64 valence electrons. The summed E-state index contributed by atoms with van der Waals surface area (Å²) in [6.07, 6.45) is 0. The summed E-state index contributed by atoms with van der Waals surface area (Å²) in [6.45, 7) is 0.854. The number of thiol groups is 1. The van der Waals surface area contributed by atoms with Crippen LogP contribution in [0.25, 0.3) is 0 Å². The zero-order valence-electron chi connectivity index (χ0n) is 4.95. The van der Waals surface area contributed by atoms with Crippen LogP contribution < -0.4 is 0 Å². The molecule has 10 heavy (non-hydrogen) atoms. The van der Waals surface area contributed by atoms with Crippen molar-refractivity contribution < 1.29 is 24.1 Å². The molecule has 0 aromatic carbocycles. The fourth-order valence-corrected chi connectivity index (χ4v) is 0. The van der Waals surface area contributed by atoms with E-state index in [1.54, 1.807) is 0 Å². The Kier molecular flexibility index (Phi) is 6.62. The van der Waals surface area contributed by atoms with Gasteiger partial charge in [0.1, 0.15) is 0 Å². The van der Waals surface area contributed by atoms with Crippen molar-refractivity contribution in [2.24, 2.45) is 0 Å². The van der Waals surface area contributed by atoms with E-state index in [9.17, 15) is 4.57 Å². The smallest absolute Gasteiger partial charge is 0.322 e. The lowest BCUT2D eigenvalue weighted by molar-refractivity contribution is 0.381. The molecule has 0 saturated heterocycles. The molecular weight excluding hydrogens is 218 g/mol. The molecule has 0 unspecified atom stereocenters. The highest BCUT2D eigenvalue weighted by Crippen LogP contribution is 2.39. The topological polar surface area (TPSA) is 98.0 Å². The SMILES string of the molecule is CP(=O)(O)O.OP(O)(=S)S. The molecule has 0 aliphatic heterocycles. The van der Waals surface area contributed by atoms with Gasteiger partial charge < -0.3 is 19.6 Å². The Morgan fingerprint density at radius 3 is 1.30 bits per heavy atom. The van der Waals surface area contributed by atoms with E-state index in [0.717, 1.165) is 6.66 Å². The molecule has 9 heteroatoms. The molecule has 0 fully saturated rings. The lowest BCUT2D eigenvalue weighted by atomic mass is 12.0. The van der Waals surface area contributed by atoms with Crippen LogP contribution in [0.1, 0.15) is 0 Å². The van der Waals surface area contributed by atoms with Crippen LogP contribution in [0.4, 0.5) is 0 Å². The molecule has 0 aliphatic rings. The molecule has 0 aromatic rings. The Morgan fingerprint density at radius 1 is 1.30 bits per heavy atom. The summed E-state index contributed by atoms with van der Waals surface area (Å²) in [5.41, 5.74) is -3.11. The van der Waals surface area contributed by atoms with Crippen molar-refractivity contribution in [2.75, 3.05) is 6.66 Å². The van der Waals surface area contributed by atoms with Gasteiger partial charge >= 0.3 is 7.60 Å². The second kappa shape index (κ2) is 4.85. The van der Waals surface area contributed by atoms with E-state index in [-0.39, 0.29) is 0 Å². The molecule has 0 bridgehead atoms. The molecule has 5 nitrogen and oxygen atoms in total. The summed E-state index contributed by atoms with van der Waals surface area (Å²) in [5, 5.41) is 0. The van der Waals surface area contributed by atoms with Gasteiger partial charge in [-0.05, 0) is 11.8 Å². The minimum absolute atomic E-state index is 0.854. The van der Waals surface area contributed by atoms with Crippen molar-refractivity contribution in [3.63, 3.8) is 0 Å². The summed E-state index contributed by atoms with van der Waals surface area (Å²) in [6, 6.07) is 0. The van der Waals surface area contributed by atoms with Crippen LogP contribution in [0.15, 0.2) is 0 Å². The Morgan fingerprint density at radius 2 is 1.30 bits per heavy atom. The van der Waals surface area contributed by atoms with Crippen LogP contribution in [0.3, 0.4) is 0 Å². The van der Waals surface area contributed by atoms with Gasteiger partial charge in [0, 0.05) is 6.66 Å². The zero-order valence-corrected chi connectivity index (χ0v) is 8.45. The molecule has 0 aromatic heterocycles. The molecule has 0 spiro atoms. The van der Waals surface area contributed by atoms with E-state index in [1.807, 2.05) is 0 Å². The van der Waals surface area contributed by atoms with E-state index < -0.39 is 13.3 Å². The van der Waals surface area contributed by atoms with Gasteiger partial charge in [-0.3, -0.25) is 4.57 Å². The minimum Gasteiger partial charge on any atom is -0.338 e. The van der Waals surface area contributed by atoms with Crippen molar-refractivity contribution in [3.8, 4) is 0 Å². The van der Waals surface area contributed by atoms with Crippen molar-refractivity contribution in [3.05, 3.63) is 0 Å². The van der Waals surface area contributed by atoms with Crippen LogP contribution in [-0.2, 0) is 16.4 Å². The molecule has 0 saturated carbocycles. The third kappa shape index (κ3) is 516. The van der Waals surface area contributed by atoms with Gasteiger partial charge in [-0.1, -0.05) is 12.2 Å². The van der Waals surface area contributed by atoms with Crippen molar-refractivity contribution in [1.29, 1.82) is 0 Å². The second-order valence-corrected chi connectivity index (χ2v) is 8.06. The normalized spacial score (nSPS) is 11.8. The molecule has 4 N–H and O–H groups in total. The fourth-order valence-electron chi connectivity index (χ4n) is 0. The Bertz CT molecular complexity index is 130. The zero-order chi connectivity index (χ0) is 9.00. The molecular formula is CH8O5P2S2. The van der Waals surface area contributed by atoms with E-state index in [1.165, 1.54) is 0 Å². The largest absolute Gasteiger partial charge is 0.338 e. The summed E-state index contributed by atoms with van der Waals surface area (Å²) in [4.78, 5) is 31.0. The summed E-state index contributed by atoms with van der Waals surface area (Å²) in [7, 11) is -3.64. The molecule has 0 amide bonds. The predicted molar refractivity (Wildman–Crippen MR) is 45.7 cm³/mol. The van der Waals surface area contributed by atoms with Gasteiger partial charge in [0.05, 0.1) is 0 Å². The van der Waals surface area contributed by atoms with Crippen LogP contribution in [0.5, 0.6) is 0 Å². The highest BCUT2D eigenvalue weighted by atomic mass is 32.9. The molecule has 0 radical (unpaired) electrons. The van der Waals surface area contributed by atoms with Crippen LogP contribution in [-0.4, -0.2) is 26.2 Å². The lowest BCUT2D eigenvalue weighted by Gasteiger charge is -1.88. The Hall–Kier alpha value is 1.07. The standard InChI is InChI=1S/CH5O3P.H3O2PS2/c1-5(2,3)4;1-3(2,4)5/h1H3,(H2,2,3,4);(H3,1,2,4,5). The molecule has 0 rings (SSSR count). The first-order chi connectivity index (χ1) is 4.00. The predicted octanol–water partition coefficient (Wildman–Crippen LogP) is -0.0808. The van der Waals surface area contributed by atoms with Crippen LogP contribution in [0.2, 0.25) is 0 Å². The quantitative estimate of drug-likeness (QED) is 0.293. The molecule has 0 heterocycles. The average molecular weight is 226 g/mol. The van der Waals surface area contributed by atoms with Crippen molar-refractivity contribution >= 4 is 37.3 Å². The maximum Gasteiger partial charge on any atom is 0.322 e. The van der Waals surface area contributed by atoms with Crippen LogP contribution in [0, 0.1) is 0 Å². The summed E-state index contributed by atoms with van der Waals surface area (Å²) < 4.78 is 9.33. The lowest BCUT2D eigenvalue weighted by Crippen LogP contribution is -1.64. The number of rotatable bonds is 0. The first kappa shape index (κ1) is 13.6. The van der Waals surface area contributed by atoms with Gasteiger partial charge in [-0.25, -0.2) is 0 Å². The fraction of sp³-hybridized carbons (Fsp3) is 1.00. The maximum atomic E-state index is 9.33. The first-order valence-electron chi connectivity index (χ1n) is 1.81. The summed E-state index contributed by atoms with van der Waals surface area (Å²) >= 11 is 7.07. The first-order valence-corrected chi connectivity index (χ1v) is 7.73. The van der Waals surface area contributed by atoms with Gasteiger partial charge in [-0.15, -0.1) is 0 Å². The average Bonchev–Trinajstić information content (AvgIpc) is 1.12. The number of hydrogen-bond acceptors (Lipinski definition) is 2. The molecule has 0 atom stereocenters. The van der Waals surface area contributed by atoms with Crippen molar-refractivity contribution in [2.45, 2.75) is 0 Å². The van der Waals surface area contributed by atoms with E-state index in [4.69, 9.17) is 19.6 Å². The Labute approximate surface area is 68.6 Å². The molecule has 0 aliphatic carbocycles. The van der Waals surface area contributed by atoms with E-state index >= 15 is 0 Å². The van der Waals surface area contributed by atoms with Gasteiger partial charge in [0.15, 0.2) is 0 Å². The van der Waals surface area contributed by atoms with Gasteiger partial charge in [-0.2, -0.15) is 0 Å². The van der Waals surface area contributed by atoms with E-state index in [0.29, 0.717) is 0 Å². The second-order valence-electron chi connectivity index (χ2n) is 1.35. The number of hydrogen-bond donors (Lipinski definition) is 5. The third-order valence-corrected chi connectivity index (χ3v) is 0. The van der Waals surface area contributed by atoms with E-state index in [2.05, 4.69) is 24.1 Å². The van der Waals surface area contributed by atoms with Crippen molar-refractivity contribution in [1.82, 2.24) is 0 Å². The van der Waals surface area contributed by atoms with Gasteiger partial charge in [0.2, 0.25) is 5.69 Å². The third-order valence-electron chi connectivity index (χ3n) is 0. The Balaban J connectivity index is 0. The highest BCUT2D eigenvalue weighted by Gasteiger charge is 1.95. The highest BCUT2D eigenvalue weighted by molar-refractivity contribution is 8.59. The monoisotopic (exact) mass is 226 g/mol. The van der Waals surface area contributed by atoms with Gasteiger partial charge in [0.25, 0.3) is 0 Å². The minimum atomic E-state index is -3.64. The maximum absolute atomic E-state index is 9.33.